The molecule has 0 aliphatic heterocycles. The van der Waals surface area contributed by atoms with Crippen molar-refractivity contribution in [2.24, 2.45) is 5.92 Å². The van der Waals surface area contributed by atoms with E-state index < -0.39 is 23.6 Å². The minimum absolute atomic E-state index is 0.0991. The van der Waals surface area contributed by atoms with Gasteiger partial charge >= 0.3 is 6.18 Å². The molecular formula is C15H21F4N. The summed E-state index contributed by atoms with van der Waals surface area (Å²) in [6, 6.07) is 3.09. The zero-order valence-corrected chi connectivity index (χ0v) is 12.0. The first-order valence-electron chi connectivity index (χ1n) is 6.86. The van der Waals surface area contributed by atoms with Crippen LogP contribution in [0.15, 0.2) is 18.2 Å². The van der Waals surface area contributed by atoms with Gasteiger partial charge in [0, 0.05) is 11.6 Å². The van der Waals surface area contributed by atoms with Crippen LogP contribution >= 0.6 is 0 Å². The van der Waals surface area contributed by atoms with Crippen molar-refractivity contribution in [3.05, 3.63) is 35.1 Å². The van der Waals surface area contributed by atoms with Crippen LogP contribution in [0.2, 0.25) is 0 Å². The van der Waals surface area contributed by atoms with E-state index in [0.29, 0.717) is 13.0 Å². The van der Waals surface area contributed by atoms with E-state index in [1.807, 2.05) is 20.8 Å². The van der Waals surface area contributed by atoms with Crippen LogP contribution in [0.25, 0.3) is 0 Å². The summed E-state index contributed by atoms with van der Waals surface area (Å²) in [5, 5.41) is 3.13. The van der Waals surface area contributed by atoms with Crippen molar-refractivity contribution in [2.75, 3.05) is 6.54 Å². The predicted octanol–water partition coefficient (Wildman–Crippen LogP) is 4.93. The van der Waals surface area contributed by atoms with Gasteiger partial charge in [0.25, 0.3) is 0 Å². The summed E-state index contributed by atoms with van der Waals surface area (Å²) in [6.07, 6.45) is -3.22. The molecule has 0 saturated carbocycles. The SMILES string of the molecule is CCCNC(CC(C)C)c1cccc(C(F)(F)F)c1F. The highest BCUT2D eigenvalue weighted by molar-refractivity contribution is 5.30. The van der Waals surface area contributed by atoms with Crippen molar-refractivity contribution in [1.82, 2.24) is 5.32 Å². The number of benzene rings is 1. The van der Waals surface area contributed by atoms with E-state index in [4.69, 9.17) is 0 Å². The normalized spacial score (nSPS) is 13.8. The lowest BCUT2D eigenvalue weighted by Crippen LogP contribution is -2.25. The summed E-state index contributed by atoms with van der Waals surface area (Å²) < 4.78 is 52.4. The fourth-order valence-electron chi connectivity index (χ4n) is 2.15. The van der Waals surface area contributed by atoms with Crippen LogP contribution in [0.5, 0.6) is 0 Å². The molecule has 0 saturated heterocycles. The Balaban J connectivity index is 3.13. The third-order valence-corrected chi connectivity index (χ3v) is 3.06. The third-order valence-electron chi connectivity index (χ3n) is 3.06. The second-order valence-corrected chi connectivity index (χ2v) is 5.34. The molecule has 0 bridgehead atoms. The molecule has 0 amide bonds. The Labute approximate surface area is 117 Å². The largest absolute Gasteiger partial charge is 0.419 e. The van der Waals surface area contributed by atoms with Gasteiger partial charge in [0.05, 0.1) is 5.56 Å². The van der Waals surface area contributed by atoms with Gasteiger partial charge in [-0.3, -0.25) is 0 Å². The van der Waals surface area contributed by atoms with Crippen LogP contribution in [-0.2, 0) is 6.18 Å². The predicted molar refractivity (Wildman–Crippen MR) is 71.9 cm³/mol. The molecule has 1 N–H and O–H groups in total. The Morgan fingerprint density at radius 1 is 1.20 bits per heavy atom. The fourth-order valence-corrected chi connectivity index (χ4v) is 2.15. The van der Waals surface area contributed by atoms with E-state index in [2.05, 4.69) is 5.32 Å². The summed E-state index contributed by atoms with van der Waals surface area (Å²) >= 11 is 0. The van der Waals surface area contributed by atoms with Crippen LogP contribution < -0.4 is 5.32 Å². The number of nitrogens with one attached hydrogen (secondary N) is 1. The maximum absolute atomic E-state index is 14.1. The summed E-state index contributed by atoms with van der Waals surface area (Å²) in [7, 11) is 0. The lowest BCUT2D eigenvalue weighted by Gasteiger charge is -2.23. The van der Waals surface area contributed by atoms with Crippen LogP contribution in [0.3, 0.4) is 0 Å². The van der Waals surface area contributed by atoms with Crippen molar-refractivity contribution < 1.29 is 17.6 Å². The molecule has 5 heteroatoms. The highest BCUT2D eigenvalue weighted by Gasteiger charge is 2.35. The van der Waals surface area contributed by atoms with Gasteiger partial charge in [-0.05, 0) is 31.4 Å². The molecule has 1 aromatic rings. The first kappa shape index (κ1) is 17.0. The molecule has 0 aromatic heterocycles. The molecule has 0 aliphatic rings. The standard InChI is InChI=1S/C15H21F4N/c1-4-8-20-13(9-10(2)3)11-6-5-7-12(14(11)16)15(17,18)19/h5-7,10,13,20H,4,8-9H2,1-3H3. The van der Waals surface area contributed by atoms with Crippen molar-refractivity contribution >= 4 is 0 Å². The molecule has 0 radical (unpaired) electrons. The van der Waals surface area contributed by atoms with E-state index in [1.54, 1.807) is 0 Å². The minimum atomic E-state index is -4.66. The molecule has 1 unspecified atom stereocenters. The average Bonchev–Trinajstić information content (AvgIpc) is 2.33. The van der Waals surface area contributed by atoms with Gasteiger partial charge in [0.1, 0.15) is 5.82 Å². The van der Waals surface area contributed by atoms with Gasteiger partial charge in [-0.25, -0.2) is 4.39 Å². The zero-order valence-electron chi connectivity index (χ0n) is 12.0. The van der Waals surface area contributed by atoms with Gasteiger partial charge in [-0.2, -0.15) is 13.2 Å². The molecule has 1 aromatic carbocycles. The van der Waals surface area contributed by atoms with Gasteiger partial charge in [-0.1, -0.05) is 32.9 Å². The molecule has 1 rings (SSSR count). The zero-order chi connectivity index (χ0) is 15.3. The number of rotatable bonds is 6. The number of halogens is 4. The van der Waals surface area contributed by atoms with Crippen molar-refractivity contribution in [3.63, 3.8) is 0 Å². The third kappa shape index (κ3) is 4.47. The van der Waals surface area contributed by atoms with E-state index in [9.17, 15) is 17.6 Å². The second-order valence-electron chi connectivity index (χ2n) is 5.34. The molecule has 0 fully saturated rings. The second kappa shape index (κ2) is 7.07. The topological polar surface area (TPSA) is 12.0 Å². The van der Waals surface area contributed by atoms with E-state index in [1.165, 1.54) is 12.1 Å². The van der Waals surface area contributed by atoms with Gasteiger partial charge in [0.2, 0.25) is 0 Å². The Hall–Kier alpha value is -1.10. The first-order chi connectivity index (χ1) is 9.27. The lowest BCUT2D eigenvalue weighted by atomic mass is 9.95. The van der Waals surface area contributed by atoms with E-state index in [-0.39, 0.29) is 11.5 Å². The first-order valence-corrected chi connectivity index (χ1v) is 6.86. The summed E-state index contributed by atoms with van der Waals surface area (Å²) in [4.78, 5) is 0. The molecular weight excluding hydrogens is 270 g/mol. The maximum atomic E-state index is 14.1. The van der Waals surface area contributed by atoms with E-state index >= 15 is 0 Å². The average molecular weight is 291 g/mol. The number of hydrogen-bond donors (Lipinski definition) is 1. The summed E-state index contributed by atoms with van der Waals surface area (Å²) in [5.41, 5.74) is -1.09. The molecule has 0 heterocycles. The summed E-state index contributed by atoms with van der Waals surface area (Å²) in [5.74, 6) is -0.896. The van der Waals surface area contributed by atoms with Crippen LogP contribution in [-0.4, -0.2) is 6.54 Å². The molecule has 20 heavy (non-hydrogen) atoms. The Kier molecular flexibility index (Phi) is 5.99. The number of hydrogen-bond acceptors (Lipinski definition) is 1. The van der Waals surface area contributed by atoms with Crippen LogP contribution in [0, 0.1) is 11.7 Å². The molecule has 0 aliphatic carbocycles. The fraction of sp³-hybridized carbons (Fsp3) is 0.600. The Morgan fingerprint density at radius 3 is 2.35 bits per heavy atom. The molecule has 1 atom stereocenters. The molecule has 1 nitrogen and oxygen atoms in total. The molecule has 114 valence electrons. The number of alkyl halides is 3. The minimum Gasteiger partial charge on any atom is -0.310 e. The highest BCUT2D eigenvalue weighted by Crippen LogP contribution is 2.35. The van der Waals surface area contributed by atoms with Gasteiger partial charge in [0.15, 0.2) is 0 Å². The van der Waals surface area contributed by atoms with Crippen LogP contribution in [0.4, 0.5) is 17.6 Å². The quantitative estimate of drug-likeness (QED) is 0.733. The summed E-state index contributed by atoms with van der Waals surface area (Å²) in [6.45, 7) is 6.54. The smallest absolute Gasteiger partial charge is 0.310 e. The van der Waals surface area contributed by atoms with Gasteiger partial charge < -0.3 is 5.32 Å². The monoisotopic (exact) mass is 291 g/mol. The Bertz CT molecular complexity index is 426. The van der Waals surface area contributed by atoms with Crippen molar-refractivity contribution in [1.29, 1.82) is 0 Å². The highest BCUT2D eigenvalue weighted by atomic mass is 19.4. The molecule has 0 spiro atoms. The van der Waals surface area contributed by atoms with Crippen molar-refractivity contribution in [3.8, 4) is 0 Å². The van der Waals surface area contributed by atoms with Crippen molar-refractivity contribution in [2.45, 2.75) is 45.8 Å². The van der Waals surface area contributed by atoms with E-state index in [0.717, 1.165) is 12.5 Å². The lowest BCUT2D eigenvalue weighted by molar-refractivity contribution is -0.140. The Morgan fingerprint density at radius 2 is 1.85 bits per heavy atom. The van der Waals surface area contributed by atoms with Gasteiger partial charge in [-0.15, -0.1) is 0 Å². The van der Waals surface area contributed by atoms with Crippen LogP contribution in [0.1, 0.15) is 50.8 Å². The maximum Gasteiger partial charge on any atom is 0.419 e.